The summed E-state index contributed by atoms with van der Waals surface area (Å²) in [7, 11) is 0. The molecule has 0 aliphatic carbocycles. The highest BCUT2D eigenvalue weighted by molar-refractivity contribution is 4.83. The first-order valence-electron chi connectivity index (χ1n) is 6.37. The van der Waals surface area contributed by atoms with Gasteiger partial charge in [-0.3, -0.25) is 9.64 Å². The first kappa shape index (κ1) is 15.7. The third-order valence-electron chi connectivity index (χ3n) is 3.01. The van der Waals surface area contributed by atoms with E-state index in [2.05, 4.69) is 35.7 Å². The minimum atomic E-state index is -4.51. The van der Waals surface area contributed by atoms with E-state index in [-0.39, 0.29) is 12.1 Å². The Morgan fingerprint density at radius 3 is 2.50 bits per heavy atom. The van der Waals surface area contributed by atoms with E-state index in [9.17, 15) is 13.2 Å². The summed E-state index contributed by atoms with van der Waals surface area (Å²) in [6.07, 6.45) is -2.43. The Balaban J connectivity index is 2.27. The molecule has 1 aliphatic rings. The zero-order valence-electron chi connectivity index (χ0n) is 11.3. The SMILES string of the molecule is CC(C)(C)NCC1CCCN1CCOC(F)(F)F. The maximum Gasteiger partial charge on any atom is 0.522 e. The van der Waals surface area contributed by atoms with E-state index >= 15 is 0 Å². The second-order valence-electron chi connectivity index (χ2n) is 5.76. The van der Waals surface area contributed by atoms with Gasteiger partial charge in [0.25, 0.3) is 0 Å². The van der Waals surface area contributed by atoms with E-state index in [1.54, 1.807) is 0 Å². The predicted octanol–water partition coefficient (Wildman–Crippen LogP) is 2.38. The molecule has 0 bridgehead atoms. The molecule has 1 saturated heterocycles. The number of rotatable bonds is 5. The summed E-state index contributed by atoms with van der Waals surface area (Å²) >= 11 is 0. The average Bonchev–Trinajstić information content (AvgIpc) is 2.59. The zero-order valence-corrected chi connectivity index (χ0v) is 11.3. The van der Waals surface area contributed by atoms with Gasteiger partial charge in [-0.25, -0.2) is 0 Å². The van der Waals surface area contributed by atoms with Crippen molar-refractivity contribution in [1.82, 2.24) is 10.2 Å². The van der Waals surface area contributed by atoms with Crippen LogP contribution in [0.4, 0.5) is 13.2 Å². The van der Waals surface area contributed by atoms with Crippen molar-refractivity contribution in [1.29, 1.82) is 0 Å². The van der Waals surface area contributed by atoms with Crippen LogP contribution in [0, 0.1) is 0 Å². The van der Waals surface area contributed by atoms with Gasteiger partial charge in [-0.2, -0.15) is 0 Å². The van der Waals surface area contributed by atoms with Gasteiger partial charge in [0.15, 0.2) is 0 Å². The van der Waals surface area contributed by atoms with Crippen LogP contribution in [0.5, 0.6) is 0 Å². The van der Waals surface area contributed by atoms with Crippen molar-refractivity contribution in [2.75, 3.05) is 26.2 Å². The van der Waals surface area contributed by atoms with E-state index in [0.29, 0.717) is 12.6 Å². The van der Waals surface area contributed by atoms with Gasteiger partial charge in [0.05, 0.1) is 6.61 Å². The summed E-state index contributed by atoms with van der Waals surface area (Å²) in [5.74, 6) is 0. The highest BCUT2D eigenvalue weighted by Gasteiger charge is 2.30. The number of halogens is 3. The first-order chi connectivity index (χ1) is 8.17. The molecule has 3 nitrogen and oxygen atoms in total. The van der Waals surface area contributed by atoms with Gasteiger partial charge >= 0.3 is 6.36 Å². The molecule has 0 aromatic rings. The monoisotopic (exact) mass is 268 g/mol. The maximum atomic E-state index is 11.9. The van der Waals surface area contributed by atoms with Crippen LogP contribution in [-0.4, -0.2) is 49.1 Å². The van der Waals surface area contributed by atoms with Gasteiger partial charge in [-0.1, -0.05) is 0 Å². The molecule has 0 aromatic carbocycles. The highest BCUT2D eigenvalue weighted by Crippen LogP contribution is 2.19. The number of ether oxygens (including phenoxy) is 1. The molecule has 0 amide bonds. The lowest BCUT2D eigenvalue weighted by Crippen LogP contribution is -2.46. The molecule has 1 rings (SSSR count). The van der Waals surface area contributed by atoms with E-state index in [4.69, 9.17) is 0 Å². The average molecular weight is 268 g/mol. The van der Waals surface area contributed by atoms with Crippen LogP contribution in [0.3, 0.4) is 0 Å². The van der Waals surface area contributed by atoms with Crippen molar-refractivity contribution in [3.8, 4) is 0 Å². The van der Waals surface area contributed by atoms with E-state index < -0.39 is 6.36 Å². The van der Waals surface area contributed by atoms with Crippen molar-refractivity contribution in [3.63, 3.8) is 0 Å². The Bertz CT molecular complexity index is 251. The summed E-state index contributed by atoms with van der Waals surface area (Å²) in [5.41, 5.74) is 0.0384. The Morgan fingerprint density at radius 1 is 1.28 bits per heavy atom. The highest BCUT2D eigenvalue weighted by atomic mass is 19.4. The van der Waals surface area contributed by atoms with Crippen molar-refractivity contribution < 1.29 is 17.9 Å². The molecule has 1 fully saturated rings. The van der Waals surface area contributed by atoms with Crippen molar-refractivity contribution in [3.05, 3.63) is 0 Å². The lowest BCUT2D eigenvalue weighted by molar-refractivity contribution is -0.325. The summed E-state index contributed by atoms with van der Waals surface area (Å²) in [4.78, 5) is 2.07. The van der Waals surface area contributed by atoms with Crippen LogP contribution < -0.4 is 5.32 Å². The van der Waals surface area contributed by atoms with Gasteiger partial charge in [-0.05, 0) is 40.2 Å². The van der Waals surface area contributed by atoms with Crippen LogP contribution in [0.15, 0.2) is 0 Å². The van der Waals surface area contributed by atoms with Crippen LogP contribution in [0.1, 0.15) is 33.6 Å². The molecule has 6 heteroatoms. The van der Waals surface area contributed by atoms with Crippen molar-refractivity contribution >= 4 is 0 Å². The Morgan fingerprint density at radius 2 is 1.94 bits per heavy atom. The van der Waals surface area contributed by atoms with Gasteiger partial charge in [0.1, 0.15) is 0 Å². The van der Waals surface area contributed by atoms with Gasteiger partial charge in [0.2, 0.25) is 0 Å². The maximum absolute atomic E-state index is 11.9. The van der Waals surface area contributed by atoms with Crippen LogP contribution in [-0.2, 0) is 4.74 Å². The molecule has 1 heterocycles. The molecular weight excluding hydrogens is 245 g/mol. The normalized spacial score (nSPS) is 22.7. The number of nitrogens with one attached hydrogen (secondary N) is 1. The number of nitrogens with zero attached hydrogens (tertiary/aromatic N) is 1. The molecule has 0 spiro atoms. The predicted molar refractivity (Wildman–Crippen MR) is 64.4 cm³/mol. The Kier molecular flexibility index (Phi) is 5.43. The number of hydrogen-bond acceptors (Lipinski definition) is 3. The Labute approximate surface area is 107 Å². The van der Waals surface area contributed by atoms with Crippen LogP contribution >= 0.6 is 0 Å². The second-order valence-corrected chi connectivity index (χ2v) is 5.76. The molecule has 0 saturated carbocycles. The number of hydrogen-bond donors (Lipinski definition) is 1. The largest absolute Gasteiger partial charge is 0.522 e. The smallest absolute Gasteiger partial charge is 0.311 e. The zero-order chi connectivity index (χ0) is 13.8. The van der Waals surface area contributed by atoms with Gasteiger partial charge in [-0.15, -0.1) is 13.2 Å². The first-order valence-corrected chi connectivity index (χ1v) is 6.37. The minimum absolute atomic E-state index is 0.0384. The summed E-state index contributed by atoms with van der Waals surface area (Å²) in [5, 5.41) is 3.40. The summed E-state index contributed by atoms with van der Waals surface area (Å²) in [6, 6.07) is 0.320. The molecule has 18 heavy (non-hydrogen) atoms. The van der Waals surface area contributed by atoms with Gasteiger partial charge in [0, 0.05) is 24.7 Å². The summed E-state index contributed by atoms with van der Waals surface area (Å²) < 4.78 is 39.5. The quantitative estimate of drug-likeness (QED) is 0.828. The van der Waals surface area contributed by atoms with Crippen LogP contribution in [0.25, 0.3) is 0 Å². The third-order valence-corrected chi connectivity index (χ3v) is 3.01. The van der Waals surface area contributed by atoms with Crippen LogP contribution in [0.2, 0.25) is 0 Å². The van der Waals surface area contributed by atoms with Gasteiger partial charge < -0.3 is 5.32 Å². The number of likely N-dealkylation sites (tertiary alicyclic amines) is 1. The molecule has 0 radical (unpaired) electrons. The fourth-order valence-corrected chi connectivity index (χ4v) is 2.12. The fourth-order valence-electron chi connectivity index (χ4n) is 2.12. The van der Waals surface area contributed by atoms with E-state index in [0.717, 1.165) is 25.9 Å². The molecule has 1 N–H and O–H groups in total. The molecule has 1 aliphatic heterocycles. The van der Waals surface area contributed by atoms with Crippen molar-refractivity contribution in [2.45, 2.75) is 51.6 Å². The molecule has 108 valence electrons. The van der Waals surface area contributed by atoms with E-state index in [1.807, 2.05) is 0 Å². The fraction of sp³-hybridized carbons (Fsp3) is 1.00. The second kappa shape index (κ2) is 6.21. The Hall–Kier alpha value is -0.330. The summed E-state index contributed by atoms with van der Waals surface area (Å²) in [6.45, 7) is 7.98. The molecule has 0 aromatic heterocycles. The topological polar surface area (TPSA) is 24.5 Å². The lowest BCUT2D eigenvalue weighted by Gasteiger charge is -2.29. The third kappa shape index (κ3) is 6.56. The lowest BCUT2D eigenvalue weighted by atomic mass is 10.1. The molecule has 1 atom stereocenters. The minimum Gasteiger partial charge on any atom is -0.311 e. The van der Waals surface area contributed by atoms with E-state index in [1.165, 1.54) is 0 Å². The number of alkyl halides is 3. The molecule has 1 unspecified atom stereocenters. The molecular formula is C12H23F3N2O. The standard InChI is InChI=1S/C12H23F3N2O/c1-11(2,3)16-9-10-5-4-6-17(10)7-8-18-12(13,14)15/h10,16H,4-9H2,1-3H3. The van der Waals surface area contributed by atoms with Crippen molar-refractivity contribution in [2.24, 2.45) is 0 Å².